The van der Waals surface area contributed by atoms with E-state index in [4.69, 9.17) is 16.7 Å². The van der Waals surface area contributed by atoms with Gasteiger partial charge in [0.1, 0.15) is 0 Å². The summed E-state index contributed by atoms with van der Waals surface area (Å²) in [5.41, 5.74) is 0.267. The molecule has 0 fully saturated rings. The van der Waals surface area contributed by atoms with Crippen LogP contribution in [0.5, 0.6) is 0 Å². The first-order valence-corrected chi connectivity index (χ1v) is 5.36. The molecule has 1 aromatic rings. The first-order chi connectivity index (χ1) is 8.04. The quantitative estimate of drug-likeness (QED) is 0.883. The Balaban J connectivity index is 2.79. The lowest BCUT2D eigenvalue weighted by Crippen LogP contribution is -2.37. The van der Waals surface area contributed by atoms with Crippen LogP contribution in [-0.4, -0.2) is 42.0 Å². The lowest BCUT2D eigenvalue weighted by atomic mass is 10.2. The van der Waals surface area contributed by atoms with Gasteiger partial charge in [0.15, 0.2) is 0 Å². The molecule has 0 radical (unpaired) electrons. The van der Waals surface area contributed by atoms with Crippen molar-refractivity contribution in [3.63, 3.8) is 0 Å². The Bertz CT molecular complexity index is 370. The Kier molecular flexibility index (Phi) is 5.31. The molecule has 0 atom stereocenters. The van der Waals surface area contributed by atoms with Crippen molar-refractivity contribution in [1.29, 1.82) is 0 Å². The fourth-order valence-electron chi connectivity index (χ4n) is 1.34. The molecule has 0 aliphatic heterocycles. The molecular weight excluding hydrogens is 252 g/mol. The summed E-state index contributed by atoms with van der Waals surface area (Å²) < 4.78 is 24.5. The molecule has 1 amide bonds. The van der Waals surface area contributed by atoms with Gasteiger partial charge in [-0.15, -0.1) is 0 Å². The summed E-state index contributed by atoms with van der Waals surface area (Å²) in [5.74, 6) is -0.545. The summed E-state index contributed by atoms with van der Waals surface area (Å²) in [6.45, 7) is -1.17. The van der Waals surface area contributed by atoms with Crippen LogP contribution in [0.25, 0.3) is 0 Å². The molecule has 3 nitrogen and oxygen atoms in total. The number of halogens is 3. The molecule has 94 valence electrons. The fraction of sp³-hybridized carbons (Fsp3) is 0.364. The highest BCUT2D eigenvalue weighted by Gasteiger charge is 2.18. The third-order valence-electron chi connectivity index (χ3n) is 2.11. The number of hydrogen-bond acceptors (Lipinski definition) is 2. The highest BCUT2D eigenvalue weighted by molar-refractivity contribution is 6.30. The van der Waals surface area contributed by atoms with E-state index in [1.165, 1.54) is 24.3 Å². The number of nitrogens with zero attached hydrogens (tertiary/aromatic N) is 1. The summed E-state index contributed by atoms with van der Waals surface area (Å²) >= 11 is 5.66. The highest BCUT2D eigenvalue weighted by Crippen LogP contribution is 2.12. The van der Waals surface area contributed by atoms with Gasteiger partial charge < -0.3 is 10.0 Å². The number of benzene rings is 1. The van der Waals surface area contributed by atoms with Crippen LogP contribution < -0.4 is 0 Å². The molecule has 17 heavy (non-hydrogen) atoms. The number of hydrogen-bond donors (Lipinski definition) is 1. The summed E-state index contributed by atoms with van der Waals surface area (Å²) in [4.78, 5) is 12.7. The average Bonchev–Trinajstić information content (AvgIpc) is 2.28. The standard InChI is InChI=1S/C11H12ClF2NO2/c12-9-3-1-8(2-4-9)11(17)15(5-6-16)7-10(13)14/h1-4,10,16H,5-7H2. The fourth-order valence-corrected chi connectivity index (χ4v) is 1.46. The van der Waals surface area contributed by atoms with E-state index in [0.29, 0.717) is 5.02 Å². The van der Waals surface area contributed by atoms with Gasteiger partial charge in [-0.05, 0) is 24.3 Å². The van der Waals surface area contributed by atoms with Crippen LogP contribution in [-0.2, 0) is 0 Å². The zero-order chi connectivity index (χ0) is 12.8. The van der Waals surface area contributed by atoms with E-state index >= 15 is 0 Å². The number of amides is 1. The van der Waals surface area contributed by atoms with Crippen LogP contribution in [0.15, 0.2) is 24.3 Å². The Morgan fingerprint density at radius 2 is 1.94 bits per heavy atom. The smallest absolute Gasteiger partial charge is 0.255 e. The molecule has 0 heterocycles. The van der Waals surface area contributed by atoms with E-state index in [2.05, 4.69) is 0 Å². The third-order valence-corrected chi connectivity index (χ3v) is 2.36. The maximum absolute atomic E-state index is 12.3. The van der Waals surface area contributed by atoms with Crippen molar-refractivity contribution < 1.29 is 18.7 Å². The average molecular weight is 264 g/mol. The van der Waals surface area contributed by atoms with Gasteiger partial charge in [-0.2, -0.15) is 0 Å². The van der Waals surface area contributed by atoms with Gasteiger partial charge in [-0.1, -0.05) is 11.6 Å². The van der Waals surface area contributed by atoms with Gasteiger partial charge >= 0.3 is 0 Å². The zero-order valence-electron chi connectivity index (χ0n) is 8.94. The molecule has 0 aliphatic rings. The van der Waals surface area contributed by atoms with E-state index in [1.807, 2.05) is 0 Å². The van der Waals surface area contributed by atoms with Crippen molar-refractivity contribution in [1.82, 2.24) is 4.90 Å². The van der Waals surface area contributed by atoms with Crippen LogP contribution >= 0.6 is 11.6 Å². The number of alkyl halides is 2. The van der Waals surface area contributed by atoms with Gasteiger partial charge in [-0.25, -0.2) is 8.78 Å². The maximum Gasteiger partial charge on any atom is 0.255 e. The molecule has 0 spiro atoms. The number of aliphatic hydroxyl groups excluding tert-OH is 1. The largest absolute Gasteiger partial charge is 0.395 e. The molecular formula is C11H12ClF2NO2. The van der Waals surface area contributed by atoms with E-state index in [9.17, 15) is 13.6 Å². The Hall–Kier alpha value is -1.20. The predicted octanol–water partition coefficient (Wildman–Crippen LogP) is 2.04. The number of carbonyl (C=O) groups is 1. The first-order valence-electron chi connectivity index (χ1n) is 4.98. The third kappa shape index (κ3) is 4.28. The van der Waals surface area contributed by atoms with Crippen molar-refractivity contribution in [2.75, 3.05) is 19.7 Å². The normalized spacial score (nSPS) is 10.6. The van der Waals surface area contributed by atoms with Crippen molar-refractivity contribution in [2.24, 2.45) is 0 Å². The summed E-state index contributed by atoms with van der Waals surface area (Å²) in [7, 11) is 0. The van der Waals surface area contributed by atoms with Gasteiger partial charge in [0, 0.05) is 17.1 Å². The van der Waals surface area contributed by atoms with Crippen LogP contribution in [0.1, 0.15) is 10.4 Å². The van der Waals surface area contributed by atoms with Crippen LogP contribution in [0.2, 0.25) is 5.02 Å². The molecule has 1 aromatic carbocycles. The van der Waals surface area contributed by atoms with E-state index < -0.39 is 18.9 Å². The van der Waals surface area contributed by atoms with Crippen LogP contribution in [0.4, 0.5) is 8.78 Å². The van der Waals surface area contributed by atoms with Crippen LogP contribution in [0, 0.1) is 0 Å². The second kappa shape index (κ2) is 6.51. The van der Waals surface area contributed by atoms with E-state index in [1.54, 1.807) is 0 Å². The van der Waals surface area contributed by atoms with Crippen molar-refractivity contribution >= 4 is 17.5 Å². The lowest BCUT2D eigenvalue weighted by Gasteiger charge is -2.21. The minimum absolute atomic E-state index is 0.119. The topological polar surface area (TPSA) is 40.5 Å². The molecule has 0 aliphatic carbocycles. The molecule has 0 saturated carbocycles. The van der Waals surface area contributed by atoms with Crippen molar-refractivity contribution in [3.05, 3.63) is 34.9 Å². The molecule has 0 saturated heterocycles. The van der Waals surface area contributed by atoms with E-state index in [0.717, 1.165) is 4.90 Å². The Morgan fingerprint density at radius 3 is 2.41 bits per heavy atom. The Morgan fingerprint density at radius 1 is 1.35 bits per heavy atom. The summed E-state index contributed by atoms with van der Waals surface area (Å²) in [6.07, 6.45) is -2.63. The minimum atomic E-state index is -2.63. The lowest BCUT2D eigenvalue weighted by molar-refractivity contribution is 0.0509. The SMILES string of the molecule is O=C(c1ccc(Cl)cc1)N(CCO)CC(F)F. The second-order valence-electron chi connectivity index (χ2n) is 3.37. The molecule has 6 heteroatoms. The van der Waals surface area contributed by atoms with E-state index in [-0.39, 0.29) is 18.7 Å². The summed E-state index contributed by atoms with van der Waals surface area (Å²) in [6, 6.07) is 5.93. The van der Waals surface area contributed by atoms with Gasteiger partial charge in [0.25, 0.3) is 12.3 Å². The van der Waals surface area contributed by atoms with Gasteiger partial charge in [0.05, 0.1) is 13.2 Å². The predicted molar refractivity (Wildman–Crippen MR) is 60.4 cm³/mol. The zero-order valence-corrected chi connectivity index (χ0v) is 9.70. The molecule has 1 N–H and O–H groups in total. The van der Waals surface area contributed by atoms with Crippen LogP contribution in [0.3, 0.4) is 0 Å². The molecule has 0 unspecified atom stereocenters. The number of carbonyl (C=O) groups excluding carboxylic acids is 1. The number of aliphatic hydroxyl groups is 1. The molecule has 1 rings (SSSR count). The van der Waals surface area contributed by atoms with Crippen molar-refractivity contribution in [3.8, 4) is 0 Å². The molecule has 0 bridgehead atoms. The summed E-state index contributed by atoms with van der Waals surface area (Å²) in [5, 5.41) is 9.19. The first kappa shape index (κ1) is 13.9. The second-order valence-corrected chi connectivity index (χ2v) is 3.81. The minimum Gasteiger partial charge on any atom is -0.395 e. The highest BCUT2D eigenvalue weighted by atomic mass is 35.5. The van der Waals surface area contributed by atoms with Gasteiger partial charge in [0.2, 0.25) is 0 Å². The van der Waals surface area contributed by atoms with Gasteiger partial charge in [-0.3, -0.25) is 4.79 Å². The van der Waals surface area contributed by atoms with Crippen molar-refractivity contribution in [2.45, 2.75) is 6.43 Å². The Labute approximate surface area is 103 Å². The number of rotatable bonds is 5. The molecule has 0 aromatic heterocycles. The maximum atomic E-state index is 12.3. The monoisotopic (exact) mass is 263 g/mol.